The fourth-order valence-corrected chi connectivity index (χ4v) is 1.41. The minimum Gasteiger partial charge on any atom is -0.672 e. The molecule has 0 fully saturated rings. The maximum atomic E-state index is 7.76. The van der Waals surface area contributed by atoms with E-state index >= 15 is 0 Å². The van der Waals surface area contributed by atoms with E-state index in [0.717, 1.165) is 13.0 Å². The summed E-state index contributed by atoms with van der Waals surface area (Å²) in [7, 11) is 2.12. The van der Waals surface area contributed by atoms with E-state index in [1.165, 1.54) is 0 Å². The molecule has 0 saturated carbocycles. The van der Waals surface area contributed by atoms with E-state index in [2.05, 4.69) is 39.6 Å². The normalized spacial score (nSPS) is 13.1. The van der Waals surface area contributed by atoms with Crippen molar-refractivity contribution in [2.45, 2.75) is 65.1 Å². The number of nitrogens with zero attached hydrogens (tertiary/aromatic N) is 1. The van der Waals surface area contributed by atoms with Crippen LogP contribution < -0.4 is 0 Å². The van der Waals surface area contributed by atoms with Gasteiger partial charge in [0.15, 0.2) is 0 Å². The van der Waals surface area contributed by atoms with Crippen LogP contribution in [0.15, 0.2) is 0 Å². The second-order valence-corrected chi connectivity index (χ2v) is 6.25. The predicted octanol–water partition coefficient (Wildman–Crippen LogP) is 3.34. The van der Waals surface area contributed by atoms with Crippen LogP contribution >= 0.6 is 0 Å². The van der Waals surface area contributed by atoms with Gasteiger partial charge in [0.25, 0.3) is 0 Å². The fourth-order valence-electron chi connectivity index (χ4n) is 1.41. The molecule has 4 heteroatoms. The van der Waals surface area contributed by atoms with Crippen LogP contribution in [0, 0.1) is 0 Å². The summed E-state index contributed by atoms with van der Waals surface area (Å²) in [5.74, 6) is 0. The molecule has 0 rings (SSSR count). The van der Waals surface area contributed by atoms with Gasteiger partial charge in [-0.25, -0.2) is 0 Å². The molecule has 0 heterocycles. The van der Waals surface area contributed by atoms with Gasteiger partial charge in [-0.05, 0) is 41.2 Å². The first-order valence-corrected chi connectivity index (χ1v) is 6.13. The third kappa shape index (κ3) is 11.3. The van der Waals surface area contributed by atoms with Crippen molar-refractivity contribution in [2.24, 2.45) is 0 Å². The van der Waals surface area contributed by atoms with Crippen molar-refractivity contribution in [3.05, 3.63) is 5.73 Å². The third-order valence-electron chi connectivity index (χ3n) is 2.73. The molecule has 0 aromatic carbocycles. The van der Waals surface area contributed by atoms with Gasteiger partial charge < -0.3 is 15.4 Å². The summed E-state index contributed by atoms with van der Waals surface area (Å²) in [6.45, 7) is 14.0. The van der Waals surface area contributed by atoms with Crippen molar-refractivity contribution in [1.29, 1.82) is 0 Å². The van der Waals surface area contributed by atoms with E-state index in [-0.39, 0.29) is 29.7 Å². The molecule has 0 spiro atoms. The molecule has 0 saturated heterocycles. The number of ether oxygens (including phenoxy) is 1. The van der Waals surface area contributed by atoms with Gasteiger partial charge in [-0.2, -0.15) is 0 Å². The zero-order chi connectivity index (χ0) is 13.0. The molecule has 1 radical (unpaired) electrons. The van der Waals surface area contributed by atoms with Crippen LogP contribution in [-0.2, 0) is 23.3 Å². The van der Waals surface area contributed by atoms with Crippen molar-refractivity contribution in [3.8, 4) is 0 Å². The number of hydrogen-bond acceptors (Lipinski definition) is 2. The molecular formula is C13H29N2OV-. The minimum absolute atomic E-state index is 0. The van der Waals surface area contributed by atoms with Crippen LogP contribution in [0.3, 0.4) is 0 Å². The number of hydrogen-bond donors (Lipinski definition) is 0. The second kappa shape index (κ2) is 7.80. The Hall–Kier alpha value is 0.464. The average Bonchev–Trinajstić information content (AvgIpc) is 1.99. The summed E-state index contributed by atoms with van der Waals surface area (Å²) in [4.78, 5) is 2.28. The molecule has 0 aromatic heterocycles. The van der Waals surface area contributed by atoms with Crippen molar-refractivity contribution < 1.29 is 23.3 Å². The van der Waals surface area contributed by atoms with Crippen LogP contribution in [0.4, 0.5) is 0 Å². The molecule has 0 bridgehead atoms. The van der Waals surface area contributed by atoms with E-state index in [0.29, 0.717) is 12.6 Å². The summed E-state index contributed by atoms with van der Waals surface area (Å²) < 4.78 is 5.86. The number of likely N-dealkylation sites (N-methyl/N-ethyl adjacent to an activating group) is 1. The van der Waals surface area contributed by atoms with Gasteiger partial charge in [0, 0.05) is 37.7 Å². The summed E-state index contributed by atoms with van der Waals surface area (Å²) >= 11 is 0. The molecule has 0 amide bonds. The monoisotopic (exact) mass is 280 g/mol. The van der Waals surface area contributed by atoms with Crippen LogP contribution in [0.2, 0.25) is 0 Å². The Morgan fingerprint density at radius 1 is 1.18 bits per heavy atom. The van der Waals surface area contributed by atoms with Crippen molar-refractivity contribution in [1.82, 2.24) is 4.90 Å². The summed E-state index contributed by atoms with van der Waals surface area (Å²) in [5.41, 5.74) is 7.24. The smallest absolute Gasteiger partial charge is 0.0752 e. The first kappa shape index (κ1) is 19.8. The molecule has 1 N–H and O–H groups in total. The van der Waals surface area contributed by atoms with Gasteiger partial charge in [0.1, 0.15) is 0 Å². The SMILES string of the molecule is CC(C)N(C)CC(C)(C)OCCC(C)(C)[NH-].[V]. The predicted molar refractivity (Wildman–Crippen MR) is 70.8 cm³/mol. The summed E-state index contributed by atoms with van der Waals surface area (Å²) in [6.07, 6.45) is 0.780. The van der Waals surface area contributed by atoms with Gasteiger partial charge in [-0.15, -0.1) is 5.54 Å². The standard InChI is InChI=1S/C13H29N2O.V/c1-11(2)15(7)10-13(5,6)16-9-8-12(3,4)14;/h11,14H,8-10H2,1-7H3;/q-1;. The Morgan fingerprint density at radius 2 is 1.65 bits per heavy atom. The molecule has 0 atom stereocenters. The quantitative estimate of drug-likeness (QED) is 0.717. The summed E-state index contributed by atoms with van der Waals surface area (Å²) in [6, 6.07) is 0.537. The average molecular weight is 280 g/mol. The van der Waals surface area contributed by atoms with E-state index in [1.54, 1.807) is 0 Å². The van der Waals surface area contributed by atoms with Crippen LogP contribution in [-0.4, -0.2) is 42.3 Å². The zero-order valence-corrected chi connectivity index (χ0v) is 13.9. The molecule has 0 unspecified atom stereocenters. The first-order valence-electron chi connectivity index (χ1n) is 6.13. The van der Waals surface area contributed by atoms with Crippen molar-refractivity contribution >= 4 is 0 Å². The maximum absolute atomic E-state index is 7.76. The van der Waals surface area contributed by atoms with Gasteiger partial charge in [-0.3, -0.25) is 0 Å². The van der Waals surface area contributed by atoms with Gasteiger partial charge in [-0.1, -0.05) is 13.8 Å². The van der Waals surface area contributed by atoms with E-state index in [9.17, 15) is 0 Å². The van der Waals surface area contributed by atoms with E-state index in [4.69, 9.17) is 10.5 Å². The molecule has 3 nitrogen and oxygen atoms in total. The number of nitrogens with one attached hydrogen (secondary N) is 1. The zero-order valence-electron chi connectivity index (χ0n) is 12.5. The Labute approximate surface area is 119 Å². The molecule has 0 aliphatic carbocycles. The Kier molecular flexibility index (Phi) is 9.09. The minimum atomic E-state index is -0.389. The van der Waals surface area contributed by atoms with E-state index < -0.39 is 0 Å². The van der Waals surface area contributed by atoms with Crippen LogP contribution in [0.1, 0.15) is 48.0 Å². The Bertz CT molecular complexity index is 200. The second-order valence-electron chi connectivity index (χ2n) is 6.25. The van der Waals surface area contributed by atoms with Crippen molar-refractivity contribution in [3.63, 3.8) is 0 Å². The Morgan fingerprint density at radius 3 is 2.00 bits per heavy atom. The first-order chi connectivity index (χ1) is 7.03. The molecule has 0 aliphatic rings. The number of rotatable bonds is 7. The Balaban J connectivity index is 0. The molecule has 17 heavy (non-hydrogen) atoms. The molecule has 0 aliphatic heterocycles. The summed E-state index contributed by atoms with van der Waals surface area (Å²) in [5, 5.41) is 0. The maximum Gasteiger partial charge on any atom is 0.0752 e. The van der Waals surface area contributed by atoms with E-state index in [1.807, 2.05) is 13.8 Å². The molecular weight excluding hydrogens is 251 g/mol. The third-order valence-corrected chi connectivity index (χ3v) is 2.73. The van der Waals surface area contributed by atoms with Crippen LogP contribution in [0.25, 0.3) is 5.73 Å². The fraction of sp³-hybridized carbons (Fsp3) is 1.00. The molecule has 103 valence electrons. The van der Waals surface area contributed by atoms with Gasteiger partial charge >= 0.3 is 0 Å². The largest absolute Gasteiger partial charge is 0.672 e. The van der Waals surface area contributed by atoms with Gasteiger partial charge in [0.2, 0.25) is 0 Å². The molecule has 0 aromatic rings. The topological polar surface area (TPSA) is 36.3 Å². The van der Waals surface area contributed by atoms with Gasteiger partial charge in [0.05, 0.1) is 5.60 Å². The van der Waals surface area contributed by atoms with Crippen molar-refractivity contribution in [2.75, 3.05) is 20.2 Å². The van der Waals surface area contributed by atoms with Crippen LogP contribution in [0.5, 0.6) is 0 Å².